The van der Waals surface area contributed by atoms with Gasteiger partial charge in [0.25, 0.3) is 5.91 Å². The number of nitrogens with one attached hydrogen (secondary N) is 1. The van der Waals surface area contributed by atoms with Crippen LogP contribution in [0.15, 0.2) is 52.3 Å². The number of fused-ring (bicyclic) bond motifs is 3. The van der Waals surface area contributed by atoms with Crippen molar-refractivity contribution in [1.82, 2.24) is 19.4 Å². The lowest BCUT2D eigenvalue weighted by Gasteiger charge is -2.26. The van der Waals surface area contributed by atoms with Crippen LogP contribution in [-0.2, 0) is 25.8 Å². The predicted octanol–water partition coefficient (Wildman–Crippen LogP) is 4.64. The van der Waals surface area contributed by atoms with E-state index in [0.717, 1.165) is 33.8 Å². The summed E-state index contributed by atoms with van der Waals surface area (Å²) < 4.78 is 7.79. The molecule has 0 bridgehead atoms. The van der Waals surface area contributed by atoms with Crippen LogP contribution in [0, 0.1) is 0 Å². The first-order valence-electron chi connectivity index (χ1n) is 9.35. The van der Waals surface area contributed by atoms with Crippen molar-refractivity contribution in [3.8, 4) is 0 Å². The van der Waals surface area contributed by atoms with Gasteiger partial charge in [0.15, 0.2) is 10.9 Å². The second kappa shape index (κ2) is 7.31. The lowest BCUT2D eigenvalue weighted by atomic mass is 10.0. The summed E-state index contributed by atoms with van der Waals surface area (Å²) in [6, 6.07) is 9.45. The average molecular weight is 427 g/mol. The normalized spacial score (nSPS) is 13.8. The van der Waals surface area contributed by atoms with Crippen LogP contribution >= 0.6 is 23.4 Å². The molecule has 29 heavy (non-hydrogen) atoms. The van der Waals surface area contributed by atoms with Gasteiger partial charge < -0.3 is 18.9 Å². The van der Waals surface area contributed by atoms with Crippen LogP contribution in [0.3, 0.4) is 0 Å². The highest BCUT2D eigenvalue weighted by Crippen LogP contribution is 2.30. The number of hydrogen-bond acceptors (Lipinski definition) is 4. The van der Waals surface area contributed by atoms with E-state index in [-0.39, 0.29) is 5.91 Å². The van der Waals surface area contributed by atoms with Crippen molar-refractivity contribution in [2.45, 2.75) is 23.9 Å². The molecule has 6 nitrogen and oxygen atoms in total. The monoisotopic (exact) mass is 426 g/mol. The fourth-order valence-electron chi connectivity index (χ4n) is 3.71. The summed E-state index contributed by atoms with van der Waals surface area (Å²) in [5.74, 6) is 1.68. The molecule has 4 aromatic rings. The van der Waals surface area contributed by atoms with E-state index in [0.29, 0.717) is 29.6 Å². The molecule has 0 saturated heterocycles. The van der Waals surface area contributed by atoms with E-state index in [1.165, 1.54) is 5.69 Å². The summed E-state index contributed by atoms with van der Waals surface area (Å²) in [6.07, 6.45) is 4.46. The van der Waals surface area contributed by atoms with Gasteiger partial charge in [-0.3, -0.25) is 4.79 Å². The van der Waals surface area contributed by atoms with Crippen molar-refractivity contribution in [2.75, 3.05) is 6.54 Å². The first-order valence-corrected chi connectivity index (χ1v) is 10.7. The number of nitrogens with zero attached hydrogens (tertiary/aromatic N) is 3. The third-order valence-corrected chi connectivity index (χ3v) is 6.53. The highest BCUT2D eigenvalue weighted by Gasteiger charge is 2.26. The first kappa shape index (κ1) is 18.4. The number of carbonyl (C=O) groups is 1. The first-order chi connectivity index (χ1) is 14.1. The van der Waals surface area contributed by atoms with E-state index < -0.39 is 0 Å². The lowest BCUT2D eigenvalue weighted by molar-refractivity contribution is 0.0701. The van der Waals surface area contributed by atoms with E-state index in [4.69, 9.17) is 16.0 Å². The minimum atomic E-state index is -0.0831. The van der Waals surface area contributed by atoms with Crippen molar-refractivity contribution in [3.05, 3.63) is 70.5 Å². The number of imidazole rings is 1. The van der Waals surface area contributed by atoms with Crippen LogP contribution in [0.1, 0.15) is 27.6 Å². The summed E-state index contributed by atoms with van der Waals surface area (Å²) in [4.78, 5) is 22.6. The number of carbonyl (C=O) groups excluding carboxylic acids is 1. The minimum Gasteiger partial charge on any atom is -0.455 e. The van der Waals surface area contributed by atoms with Gasteiger partial charge in [-0.15, -0.1) is 0 Å². The second-order valence-corrected chi connectivity index (χ2v) is 8.50. The molecule has 0 unspecified atom stereocenters. The van der Waals surface area contributed by atoms with Gasteiger partial charge >= 0.3 is 0 Å². The SMILES string of the molecule is Cn1ccnc1SCc1ccc(C(=O)N2CCc3[nH]c4ccc(Cl)cc4c3C2)o1. The highest BCUT2D eigenvalue weighted by molar-refractivity contribution is 7.98. The van der Waals surface area contributed by atoms with Gasteiger partial charge in [0.1, 0.15) is 5.76 Å². The highest BCUT2D eigenvalue weighted by atomic mass is 35.5. The van der Waals surface area contributed by atoms with Gasteiger partial charge in [-0.2, -0.15) is 0 Å². The molecule has 0 spiro atoms. The van der Waals surface area contributed by atoms with Crippen LogP contribution in [-0.4, -0.2) is 31.9 Å². The summed E-state index contributed by atoms with van der Waals surface area (Å²) >= 11 is 7.75. The summed E-state index contributed by atoms with van der Waals surface area (Å²) in [5, 5.41) is 2.69. The number of aromatic nitrogens is 3. The number of rotatable bonds is 4. The van der Waals surface area contributed by atoms with Gasteiger partial charge in [0.2, 0.25) is 0 Å². The molecule has 1 aromatic carbocycles. The van der Waals surface area contributed by atoms with E-state index in [1.807, 2.05) is 47.0 Å². The molecule has 0 aliphatic carbocycles. The number of aromatic amines is 1. The Balaban J connectivity index is 1.32. The standard InChI is InChI=1S/C21H19ClN4O2S/c1-25-9-7-23-21(25)29-12-14-3-5-19(28-14)20(27)26-8-6-18-16(11-26)15-10-13(22)2-4-17(15)24-18/h2-5,7,9-10,24H,6,8,11-12H2,1H3. The Kier molecular flexibility index (Phi) is 4.64. The van der Waals surface area contributed by atoms with Gasteiger partial charge in [0, 0.05) is 66.1 Å². The van der Waals surface area contributed by atoms with E-state index in [1.54, 1.807) is 24.0 Å². The Labute approximate surface area is 176 Å². The largest absolute Gasteiger partial charge is 0.455 e. The molecule has 1 aliphatic rings. The predicted molar refractivity (Wildman–Crippen MR) is 113 cm³/mol. The molecular weight excluding hydrogens is 408 g/mol. The molecule has 0 radical (unpaired) electrons. The summed E-state index contributed by atoms with van der Waals surface area (Å²) in [5.41, 5.74) is 3.37. The fraction of sp³-hybridized carbons (Fsp3) is 0.238. The van der Waals surface area contributed by atoms with Crippen LogP contribution in [0.4, 0.5) is 0 Å². The number of hydrogen-bond donors (Lipinski definition) is 1. The van der Waals surface area contributed by atoms with Crippen LogP contribution in [0.5, 0.6) is 0 Å². The Morgan fingerprint density at radius 3 is 3.07 bits per heavy atom. The third kappa shape index (κ3) is 3.45. The second-order valence-electron chi connectivity index (χ2n) is 7.12. The van der Waals surface area contributed by atoms with Crippen molar-refractivity contribution < 1.29 is 9.21 Å². The molecule has 0 fully saturated rings. The van der Waals surface area contributed by atoms with E-state index >= 15 is 0 Å². The third-order valence-electron chi connectivity index (χ3n) is 5.22. The minimum absolute atomic E-state index is 0.0831. The molecule has 8 heteroatoms. The number of halogens is 1. The van der Waals surface area contributed by atoms with E-state index in [9.17, 15) is 4.79 Å². The van der Waals surface area contributed by atoms with Crippen LogP contribution < -0.4 is 0 Å². The number of H-pyrrole nitrogens is 1. The molecule has 4 heterocycles. The fourth-order valence-corrected chi connectivity index (χ4v) is 4.71. The maximum atomic E-state index is 13.0. The Hall–Kier alpha value is -2.64. The van der Waals surface area contributed by atoms with Crippen molar-refractivity contribution in [2.24, 2.45) is 7.05 Å². The van der Waals surface area contributed by atoms with E-state index in [2.05, 4.69) is 9.97 Å². The molecule has 5 rings (SSSR count). The molecule has 0 atom stereocenters. The zero-order valence-corrected chi connectivity index (χ0v) is 17.4. The van der Waals surface area contributed by atoms with Gasteiger partial charge in [-0.1, -0.05) is 23.4 Å². The van der Waals surface area contributed by atoms with Gasteiger partial charge in [0.05, 0.1) is 5.75 Å². The number of furan rings is 1. The van der Waals surface area contributed by atoms with Gasteiger partial charge in [-0.25, -0.2) is 4.98 Å². The summed E-state index contributed by atoms with van der Waals surface area (Å²) in [6.45, 7) is 1.21. The number of thioether (sulfide) groups is 1. The summed E-state index contributed by atoms with van der Waals surface area (Å²) in [7, 11) is 1.95. The Bertz CT molecular complexity index is 1210. The molecule has 0 saturated carbocycles. The van der Waals surface area contributed by atoms with Crippen LogP contribution in [0.2, 0.25) is 5.02 Å². The topological polar surface area (TPSA) is 67.1 Å². The average Bonchev–Trinajstić information content (AvgIpc) is 3.44. The molecule has 3 aromatic heterocycles. The lowest BCUT2D eigenvalue weighted by Crippen LogP contribution is -2.35. The van der Waals surface area contributed by atoms with Crippen LogP contribution in [0.25, 0.3) is 10.9 Å². The Morgan fingerprint density at radius 2 is 2.24 bits per heavy atom. The number of benzene rings is 1. The molecule has 1 aliphatic heterocycles. The number of amides is 1. The van der Waals surface area contributed by atoms with Crippen molar-refractivity contribution >= 4 is 40.2 Å². The molecular formula is C21H19ClN4O2S. The Morgan fingerprint density at radius 1 is 1.34 bits per heavy atom. The molecule has 148 valence electrons. The quantitative estimate of drug-likeness (QED) is 0.483. The maximum Gasteiger partial charge on any atom is 0.289 e. The molecule has 1 N–H and O–H groups in total. The zero-order valence-electron chi connectivity index (χ0n) is 15.8. The smallest absolute Gasteiger partial charge is 0.289 e. The number of aryl methyl sites for hydroxylation is 1. The zero-order chi connectivity index (χ0) is 20.0. The van der Waals surface area contributed by atoms with Gasteiger partial charge in [-0.05, 0) is 30.3 Å². The van der Waals surface area contributed by atoms with Crippen molar-refractivity contribution in [3.63, 3.8) is 0 Å². The molecule has 1 amide bonds. The maximum absolute atomic E-state index is 13.0. The van der Waals surface area contributed by atoms with Crippen molar-refractivity contribution in [1.29, 1.82) is 0 Å².